The predicted molar refractivity (Wildman–Crippen MR) is 86.5 cm³/mol. The van der Waals surface area contributed by atoms with E-state index in [9.17, 15) is 5.11 Å². The van der Waals surface area contributed by atoms with Crippen LogP contribution in [0.4, 0.5) is 0 Å². The van der Waals surface area contributed by atoms with Crippen LogP contribution in [0, 0.1) is 29.6 Å². The van der Waals surface area contributed by atoms with Gasteiger partial charge in [0, 0.05) is 6.42 Å². The summed E-state index contributed by atoms with van der Waals surface area (Å²) in [4.78, 5) is 2.31. The fourth-order valence-corrected chi connectivity index (χ4v) is 3.58. The second-order valence-electron chi connectivity index (χ2n) is 6.83. The zero-order chi connectivity index (χ0) is 15.2. The predicted octanol–water partition coefficient (Wildman–Crippen LogP) is 3.55. The van der Waals surface area contributed by atoms with E-state index in [0.717, 1.165) is 32.5 Å². The van der Waals surface area contributed by atoms with Crippen molar-refractivity contribution < 1.29 is 5.11 Å². The zero-order valence-electron chi connectivity index (χ0n) is 14.1. The molecule has 2 nitrogen and oxygen atoms in total. The van der Waals surface area contributed by atoms with Crippen LogP contribution in [0.3, 0.4) is 0 Å². The molecule has 0 saturated heterocycles. The van der Waals surface area contributed by atoms with Crippen molar-refractivity contribution in [1.82, 2.24) is 4.90 Å². The molecule has 1 aliphatic carbocycles. The summed E-state index contributed by atoms with van der Waals surface area (Å²) in [5, 5.41) is 11.0. The van der Waals surface area contributed by atoms with E-state index in [1.807, 2.05) is 0 Å². The molecule has 1 saturated carbocycles. The monoisotopic (exact) mass is 279 g/mol. The van der Waals surface area contributed by atoms with E-state index in [1.165, 1.54) is 6.42 Å². The van der Waals surface area contributed by atoms with Crippen molar-refractivity contribution in [3.05, 3.63) is 0 Å². The number of hydrogen-bond acceptors (Lipinski definition) is 2. The summed E-state index contributed by atoms with van der Waals surface area (Å²) < 4.78 is 0. The Morgan fingerprint density at radius 3 is 2.40 bits per heavy atom. The summed E-state index contributed by atoms with van der Waals surface area (Å²) in [5.74, 6) is 8.08. The summed E-state index contributed by atoms with van der Waals surface area (Å²) in [7, 11) is 0. The molecule has 116 valence electrons. The summed E-state index contributed by atoms with van der Waals surface area (Å²) in [6, 6.07) is 0. The van der Waals surface area contributed by atoms with E-state index < -0.39 is 5.60 Å². The van der Waals surface area contributed by atoms with Gasteiger partial charge in [0.25, 0.3) is 0 Å². The molecule has 0 unspecified atom stereocenters. The molecule has 2 heteroatoms. The van der Waals surface area contributed by atoms with Crippen LogP contribution in [0.5, 0.6) is 0 Å². The molecule has 0 heterocycles. The molecule has 20 heavy (non-hydrogen) atoms. The average Bonchev–Trinajstić information content (AvgIpc) is 2.38. The Balaban J connectivity index is 2.63. The third-order valence-corrected chi connectivity index (χ3v) is 4.88. The molecular formula is C18H33NO. The number of rotatable bonds is 5. The highest BCUT2D eigenvalue weighted by Crippen LogP contribution is 2.42. The van der Waals surface area contributed by atoms with Crippen molar-refractivity contribution in [1.29, 1.82) is 0 Å². The third kappa shape index (κ3) is 4.79. The fourth-order valence-electron chi connectivity index (χ4n) is 3.58. The highest BCUT2D eigenvalue weighted by molar-refractivity contribution is 5.08. The first-order chi connectivity index (χ1) is 9.42. The molecule has 0 aliphatic heterocycles. The maximum absolute atomic E-state index is 11.0. The molecule has 1 N–H and O–H groups in total. The smallest absolute Gasteiger partial charge is 0.0789 e. The lowest BCUT2D eigenvalue weighted by Gasteiger charge is -2.43. The van der Waals surface area contributed by atoms with Crippen LogP contribution >= 0.6 is 0 Å². The highest BCUT2D eigenvalue weighted by atomic mass is 16.3. The fraction of sp³-hybridized carbons (Fsp3) is 0.889. The normalized spacial score (nSPS) is 30.4. The van der Waals surface area contributed by atoms with Crippen LogP contribution in [-0.2, 0) is 0 Å². The van der Waals surface area contributed by atoms with E-state index in [-0.39, 0.29) is 0 Å². The van der Waals surface area contributed by atoms with Crippen LogP contribution in [0.15, 0.2) is 0 Å². The van der Waals surface area contributed by atoms with Crippen LogP contribution in [0.1, 0.15) is 60.3 Å². The summed E-state index contributed by atoms with van der Waals surface area (Å²) in [6.45, 7) is 14.0. The first-order valence-corrected chi connectivity index (χ1v) is 8.33. The molecule has 3 atom stereocenters. The molecule has 1 fully saturated rings. The van der Waals surface area contributed by atoms with E-state index in [4.69, 9.17) is 0 Å². The summed E-state index contributed by atoms with van der Waals surface area (Å²) >= 11 is 0. The van der Waals surface area contributed by atoms with Crippen molar-refractivity contribution in [3.8, 4) is 11.8 Å². The Morgan fingerprint density at radius 1 is 1.20 bits per heavy atom. The third-order valence-electron chi connectivity index (χ3n) is 4.88. The standard InChI is InChI=1S/C18H33NO/c1-6-19(7-2)13-9-8-12-18(20)14-16(5)10-11-17(18)15(3)4/h15-17,20H,6-7,10-14H2,1-5H3/t16-,17+,18-/m1/s1. The number of nitrogens with zero attached hydrogens (tertiary/aromatic N) is 1. The van der Waals surface area contributed by atoms with Crippen molar-refractivity contribution in [2.75, 3.05) is 19.6 Å². The maximum Gasteiger partial charge on any atom is 0.0789 e. The molecule has 1 aliphatic rings. The Hall–Kier alpha value is -0.520. The van der Waals surface area contributed by atoms with E-state index >= 15 is 0 Å². The van der Waals surface area contributed by atoms with E-state index in [0.29, 0.717) is 24.2 Å². The number of hydrogen-bond donors (Lipinski definition) is 1. The van der Waals surface area contributed by atoms with Crippen molar-refractivity contribution in [3.63, 3.8) is 0 Å². The van der Waals surface area contributed by atoms with Gasteiger partial charge in [0.2, 0.25) is 0 Å². The van der Waals surface area contributed by atoms with Gasteiger partial charge in [0.15, 0.2) is 0 Å². The molecule has 0 spiro atoms. The molecule has 0 aromatic carbocycles. The van der Waals surface area contributed by atoms with E-state index in [1.54, 1.807) is 0 Å². The molecule has 0 radical (unpaired) electrons. The van der Waals surface area contributed by atoms with Crippen LogP contribution in [0.25, 0.3) is 0 Å². The number of aliphatic hydroxyl groups is 1. The minimum atomic E-state index is -0.567. The Kier molecular flexibility index (Phi) is 7.06. The van der Waals surface area contributed by atoms with Gasteiger partial charge in [0.05, 0.1) is 12.1 Å². The van der Waals surface area contributed by atoms with Gasteiger partial charge in [-0.3, -0.25) is 4.90 Å². The molecule has 0 amide bonds. The Bertz CT molecular complexity index is 337. The SMILES string of the molecule is CCN(CC)CC#CC[C@@]1(O)C[C@H](C)CC[C@H]1C(C)C. The molecular weight excluding hydrogens is 246 g/mol. The van der Waals surface area contributed by atoms with Gasteiger partial charge in [-0.05, 0) is 43.7 Å². The van der Waals surface area contributed by atoms with Gasteiger partial charge in [-0.25, -0.2) is 0 Å². The molecule has 0 aromatic heterocycles. The summed E-state index contributed by atoms with van der Waals surface area (Å²) in [6.07, 6.45) is 3.95. The minimum absolute atomic E-state index is 0.404. The van der Waals surface area contributed by atoms with Gasteiger partial charge in [-0.15, -0.1) is 0 Å². The second-order valence-corrected chi connectivity index (χ2v) is 6.83. The quantitative estimate of drug-likeness (QED) is 0.778. The second kappa shape index (κ2) is 8.05. The molecule has 0 aromatic rings. The van der Waals surface area contributed by atoms with Gasteiger partial charge in [-0.1, -0.05) is 52.9 Å². The lowest BCUT2D eigenvalue weighted by Crippen LogP contribution is -2.45. The Morgan fingerprint density at radius 2 is 1.85 bits per heavy atom. The maximum atomic E-state index is 11.0. The van der Waals surface area contributed by atoms with Crippen LogP contribution in [-0.4, -0.2) is 35.2 Å². The molecule has 1 rings (SSSR count). The van der Waals surface area contributed by atoms with Crippen molar-refractivity contribution in [2.45, 2.75) is 65.9 Å². The van der Waals surface area contributed by atoms with Crippen molar-refractivity contribution in [2.24, 2.45) is 17.8 Å². The zero-order valence-corrected chi connectivity index (χ0v) is 14.1. The summed E-state index contributed by atoms with van der Waals surface area (Å²) in [5.41, 5.74) is -0.567. The van der Waals surface area contributed by atoms with Gasteiger partial charge in [-0.2, -0.15) is 0 Å². The largest absolute Gasteiger partial charge is 0.389 e. The lowest BCUT2D eigenvalue weighted by atomic mass is 9.66. The van der Waals surface area contributed by atoms with Gasteiger partial charge in [0.1, 0.15) is 0 Å². The van der Waals surface area contributed by atoms with Crippen LogP contribution in [0.2, 0.25) is 0 Å². The first-order valence-electron chi connectivity index (χ1n) is 8.33. The topological polar surface area (TPSA) is 23.5 Å². The van der Waals surface area contributed by atoms with Gasteiger partial charge >= 0.3 is 0 Å². The van der Waals surface area contributed by atoms with Crippen LogP contribution < -0.4 is 0 Å². The van der Waals surface area contributed by atoms with E-state index in [2.05, 4.69) is 51.4 Å². The first kappa shape index (κ1) is 17.5. The lowest BCUT2D eigenvalue weighted by molar-refractivity contribution is -0.0760. The molecule has 0 bridgehead atoms. The Labute approximate surface area is 125 Å². The van der Waals surface area contributed by atoms with Crippen molar-refractivity contribution >= 4 is 0 Å². The van der Waals surface area contributed by atoms with Gasteiger partial charge < -0.3 is 5.11 Å². The average molecular weight is 279 g/mol. The minimum Gasteiger partial charge on any atom is -0.389 e. The highest BCUT2D eigenvalue weighted by Gasteiger charge is 2.41.